The molecule has 18 heavy (non-hydrogen) atoms. The van der Waals surface area contributed by atoms with E-state index in [2.05, 4.69) is 43.0 Å². The largest absolute Gasteiger partial charge is 0.345 e. The summed E-state index contributed by atoms with van der Waals surface area (Å²) in [7, 11) is 0. The predicted molar refractivity (Wildman–Crippen MR) is 75.4 cm³/mol. The topological polar surface area (TPSA) is 40.7 Å². The number of aromatic nitrogens is 2. The van der Waals surface area contributed by atoms with Crippen LogP contribution in [0.4, 0.5) is 0 Å². The lowest BCUT2D eigenvalue weighted by Gasteiger charge is -2.45. The van der Waals surface area contributed by atoms with Crippen molar-refractivity contribution >= 4 is 0 Å². The summed E-state index contributed by atoms with van der Waals surface area (Å²) in [4.78, 5) is 7.53. The van der Waals surface area contributed by atoms with Crippen LogP contribution in [-0.2, 0) is 6.54 Å². The number of rotatable bonds is 3. The van der Waals surface area contributed by atoms with E-state index in [1.165, 1.54) is 25.0 Å². The van der Waals surface area contributed by atoms with Crippen LogP contribution in [0.15, 0.2) is 6.20 Å². The molecule has 1 aliphatic rings. The minimum Gasteiger partial charge on any atom is -0.345 e. The lowest BCUT2D eigenvalue weighted by atomic mass is 9.63. The zero-order chi connectivity index (χ0) is 13.4. The molecule has 0 spiro atoms. The van der Waals surface area contributed by atoms with Crippen molar-refractivity contribution in [3.8, 4) is 0 Å². The summed E-state index contributed by atoms with van der Waals surface area (Å²) in [6.45, 7) is 12.5. The van der Waals surface area contributed by atoms with Crippen molar-refractivity contribution in [2.45, 2.75) is 66.5 Å². The maximum atomic E-state index is 4.24. The fraction of sp³-hybridized carbons (Fsp3) is 0.800. The molecular formula is C15H27N3. The molecule has 1 aromatic rings. The third-order valence-corrected chi connectivity index (χ3v) is 3.89. The van der Waals surface area contributed by atoms with E-state index >= 15 is 0 Å². The molecule has 1 heterocycles. The molecule has 2 rings (SSSR count). The minimum absolute atomic E-state index is 0.448. The second-order valence-electron chi connectivity index (χ2n) is 7.49. The summed E-state index contributed by atoms with van der Waals surface area (Å²) in [6.07, 6.45) is 5.79. The van der Waals surface area contributed by atoms with Crippen LogP contribution in [0.25, 0.3) is 0 Å². The molecule has 3 nitrogen and oxygen atoms in total. The van der Waals surface area contributed by atoms with E-state index in [0.717, 1.165) is 12.4 Å². The summed E-state index contributed by atoms with van der Waals surface area (Å²) >= 11 is 0. The minimum atomic E-state index is 0.448. The quantitative estimate of drug-likeness (QED) is 0.862. The number of aryl methyl sites for hydroxylation is 1. The lowest BCUT2D eigenvalue weighted by Crippen LogP contribution is -2.43. The molecule has 0 atom stereocenters. The Morgan fingerprint density at radius 1 is 1.28 bits per heavy atom. The summed E-state index contributed by atoms with van der Waals surface area (Å²) < 4.78 is 0. The van der Waals surface area contributed by atoms with Crippen LogP contribution in [0.2, 0.25) is 0 Å². The molecule has 3 heteroatoms. The van der Waals surface area contributed by atoms with Gasteiger partial charge in [0, 0.05) is 24.5 Å². The Labute approximate surface area is 111 Å². The molecular weight excluding hydrogens is 222 g/mol. The standard InChI is InChI=1S/C15H27N3/c1-11-16-8-13(18-11)9-17-12-6-14(2,3)10-15(4,5)7-12/h8,12,17H,6-7,9-10H2,1-5H3,(H,16,18). The van der Waals surface area contributed by atoms with Crippen molar-refractivity contribution in [1.82, 2.24) is 15.3 Å². The highest BCUT2D eigenvalue weighted by molar-refractivity contribution is 5.00. The maximum Gasteiger partial charge on any atom is 0.103 e. The van der Waals surface area contributed by atoms with E-state index in [1.54, 1.807) is 0 Å². The Morgan fingerprint density at radius 3 is 2.39 bits per heavy atom. The highest BCUT2D eigenvalue weighted by Crippen LogP contribution is 2.45. The summed E-state index contributed by atoms with van der Waals surface area (Å²) in [6, 6.07) is 0.618. The van der Waals surface area contributed by atoms with Gasteiger partial charge in [0.05, 0.1) is 0 Å². The van der Waals surface area contributed by atoms with Crippen molar-refractivity contribution in [2.75, 3.05) is 0 Å². The van der Waals surface area contributed by atoms with Gasteiger partial charge >= 0.3 is 0 Å². The Kier molecular flexibility index (Phi) is 3.54. The monoisotopic (exact) mass is 249 g/mol. The van der Waals surface area contributed by atoms with Gasteiger partial charge in [-0.1, -0.05) is 27.7 Å². The van der Waals surface area contributed by atoms with Crippen LogP contribution in [-0.4, -0.2) is 16.0 Å². The van der Waals surface area contributed by atoms with Gasteiger partial charge in [-0.25, -0.2) is 4.98 Å². The van der Waals surface area contributed by atoms with E-state index < -0.39 is 0 Å². The first-order valence-electron chi connectivity index (χ1n) is 7.00. The molecule has 0 amide bonds. The lowest BCUT2D eigenvalue weighted by molar-refractivity contribution is 0.0843. The summed E-state index contributed by atoms with van der Waals surface area (Å²) in [5.74, 6) is 0.996. The molecule has 1 aliphatic carbocycles. The average Bonchev–Trinajstić information content (AvgIpc) is 2.56. The molecule has 1 fully saturated rings. The average molecular weight is 249 g/mol. The van der Waals surface area contributed by atoms with Crippen LogP contribution < -0.4 is 5.32 Å². The van der Waals surface area contributed by atoms with Gasteiger partial charge in [0.25, 0.3) is 0 Å². The second-order valence-corrected chi connectivity index (χ2v) is 7.49. The number of nitrogens with zero attached hydrogens (tertiary/aromatic N) is 1. The number of H-pyrrole nitrogens is 1. The van der Waals surface area contributed by atoms with E-state index in [9.17, 15) is 0 Å². The van der Waals surface area contributed by atoms with E-state index in [4.69, 9.17) is 0 Å². The number of hydrogen-bond donors (Lipinski definition) is 2. The molecule has 0 bridgehead atoms. The van der Waals surface area contributed by atoms with E-state index in [-0.39, 0.29) is 0 Å². The zero-order valence-electron chi connectivity index (χ0n) is 12.4. The summed E-state index contributed by atoms with van der Waals surface area (Å²) in [5.41, 5.74) is 2.08. The van der Waals surface area contributed by atoms with Gasteiger partial charge in [-0.2, -0.15) is 0 Å². The van der Waals surface area contributed by atoms with Crippen LogP contribution >= 0.6 is 0 Å². The van der Waals surface area contributed by atoms with Crippen LogP contribution in [0.1, 0.15) is 58.5 Å². The molecule has 1 aromatic heterocycles. The van der Waals surface area contributed by atoms with Gasteiger partial charge in [0.2, 0.25) is 0 Å². The van der Waals surface area contributed by atoms with Gasteiger partial charge < -0.3 is 10.3 Å². The predicted octanol–water partition coefficient (Wildman–Crippen LogP) is 3.41. The molecule has 0 unspecified atom stereocenters. The van der Waals surface area contributed by atoms with Gasteiger partial charge in [0.15, 0.2) is 0 Å². The van der Waals surface area contributed by atoms with Gasteiger partial charge in [-0.15, -0.1) is 0 Å². The van der Waals surface area contributed by atoms with Crippen molar-refractivity contribution in [1.29, 1.82) is 0 Å². The fourth-order valence-corrected chi connectivity index (χ4v) is 3.81. The fourth-order valence-electron chi connectivity index (χ4n) is 3.81. The van der Waals surface area contributed by atoms with Crippen LogP contribution in [0, 0.1) is 17.8 Å². The highest BCUT2D eigenvalue weighted by atomic mass is 15.0. The van der Waals surface area contributed by atoms with Crippen LogP contribution in [0.3, 0.4) is 0 Å². The van der Waals surface area contributed by atoms with Crippen molar-refractivity contribution in [2.24, 2.45) is 10.8 Å². The molecule has 0 radical (unpaired) electrons. The molecule has 0 aliphatic heterocycles. The van der Waals surface area contributed by atoms with Gasteiger partial charge in [0.1, 0.15) is 5.82 Å². The Morgan fingerprint density at radius 2 is 1.89 bits per heavy atom. The van der Waals surface area contributed by atoms with Crippen molar-refractivity contribution < 1.29 is 0 Å². The normalized spacial score (nSPS) is 23.2. The highest BCUT2D eigenvalue weighted by Gasteiger charge is 2.38. The third kappa shape index (κ3) is 3.58. The smallest absolute Gasteiger partial charge is 0.103 e. The second kappa shape index (κ2) is 4.69. The Bertz CT molecular complexity index is 388. The molecule has 102 valence electrons. The Balaban J connectivity index is 1.93. The third-order valence-electron chi connectivity index (χ3n) is 3.89. The van der Waals surface area contributed by atoms with E-state index in [0.29, 0.717) is 16.9 Å². The number of aromatic amines is 1. The van der Waals surface area contributed by atoms with Gasteiger partial charge in [-0.3, -0.25) is 0 Å². The van der Waals surface area contributed by atoms with E-state index in [1.807, 2.05) is 13.1 Å². The van der Waals surface area contributed by atoms with Crippen molar-refractivity contribution in [3.05, 3.63) is 17.7 Å². The SMILES string of the molecule is Cc1ncc(CNC2CC(C)(C)CC(C)(C)C2)[nH]1. The zero-order valence-corrected chi connectivity index (χ0v) is 12.4. The molecule has 0 aromatic carbocycles. The number of imidazole rings is 1. The Hall–Kier alpha value is -0.830. The molecule has 2 N–H and O–H groups in total. The summed E-state index contributed by atoms with van der Waals surface area (Å²) in [5, 5.41) is 3.69. The molecule has 1 saturated carbocycles. The van der Waals surface area contributed by atoms with Crippen molar-refractivity contribution in [3.63, 3.8) is 0 Å². The maximum absolute atomic E-state index is 4.24. The number of nitrogens with one attached hydrogen (secondary N) is 2. The first-order chi connectivity index (χ1) is 8.26. The van der Waals surface area contributed by atoms with Gasteiger partial charge in [-0.05, 0) is 37.0 Å². The number of hydrogen-bond acceptors (Lipinski definition) is 2. The molecule has 0 saturated heterocycles. The first kappa shape index (κ1) is 13.6. The first-order valence-corrected chi connectivity index (χ1v) is 7.00. The van der Waals surface area contributed by atoms with Crippen LogP contribution in [0.5, 0.6) is 0 Å².